The molecule has 2 amide bonds. The van der Waals surface area contributed by atoms with Gasteiger partial charge in [-0.25, -0.2) is 4.90 Å². The Morgan fingerprint density at radius 3 is 2.41 bits per heavy atom. The number of aryl methyl sites for hydroxylation is 2. The molecule has 88 valence electrons. The molecule has 17 heavy (non-hydrogen) atoms. The van der Waals surface area contributed by atoms with Gasteiger partial charge in [-0.15, -0.1) is 0 Å². The minimum atomic E-state index is -0.239. The number of imide groups is 1. The Balaban J connectivity index is 2.56. The number of amides is 2. The van der Waals surface area contributed by atoms with E-state index < -0.39 is 0 Å². The molecule has 3 heteroatoms. The fourth-order valence-corrected chi connectivity index (χ4v) is 2.12. The first-order chi connectivity index (χ1) is 8.06. The quantitative estimate of drug-likeness (QED) is 0.730. The molecule has 1 aromatic carbocycles. The maximum absolute atomic E-state index is 12.0. The molecule has 0 aromatic heterocycles. The van der Waals surface area contributed by atoms with Crippen molar-refractivity contribution in [3.8, 4) is 0 Å². The molecule has 0 saturated heterocycles. The summed E-state index contributed by atoms with van der Waals surface area (Å²) < 4.78 is 0. The monoisotopic (exact) mass is 229 g/mol. The fourth-order valence-electron chi connectivity index (χ4n) is 2.12. The van der Waals surface area contributed by atoms with Gasteiger partial charge < -0.3 is 0 Å². The molecule has 1 aromatic rings. The van der Waals surface area contributed by atoms with E-state index in [-0.39, 0.29) is 11.8 Å². The van der Waals surface area contributed by atoms with Crippen LogP contribution in [0.5, 0.6) is 0 Å². The van der Waals surface area contributed by atoms with Crippen molar-refractivity contribution in [2.24, 2.45) is 0 Å². The fraction of sp³-hybridized carbons (Fsp3) is 0.286. The Hall–Kier alpha value is -1.90. The standard InChI is InChI=1S/C14H15NO2/c1-4-11-7-5-6-9(2)13(11)15-12(16)8-10(3)14(15)17/h5-8H,4H2,1-3H3. The summed E-state index contributed by atoms with van der Waals surface area (Å²) in [5.74, 6) is -0.449. The Kier molecular flexibility index (Phi) is 2.84. The number of anilines is 1. The van der Waals surface area contributed by atoms with Crippen molar-refractivity contribution in [2.75, 3.05) is 4.90 Å². The second-order valence-corrected chi connectivity index (χ2v) is 4.24. The topological polar surface area (TPSA) is 37.4 Å². The number of para-hydroxylation sites is 1. The van der Waals surface area contributed by atoms with Crippen LogP contribution in [0.15, 0.2) is 29.8 Å². The zero-order valence-corrected chi connectivity index (χ0v) is 10.3. The van der Waals surface area contributed by atoms with Crippen LogP contribution in [-0.2, 0) is 16.0 Å². The first kappa shape index (κ1) is 11.6. The van der Waals surface area contributed by atoms with Gasteiger partial charge in [-0.3, -0.25) is 9.59 Å². The lowest BCUT2D eigenvalue weighted by molar-refractivity contribution is -0.120. The summed E-state index contributed by atoms with van der Waals surface area (Å²) in [5.41, 5.74) is 3.22. The summed E-state index contributed by atoms with van der Waals surface area (Å²) in [5, 5.41) is 0. The van der Waals surface area contributed by atoms with Crippen LogP contribution < -0.4 is 4.90 Å². The minimum Gasteiger partial charge on any atom is -0.269 e. The summed E-state index contributed by atoms with van der Waals surface area (Å²) in [4.78, 5) is 25.1. The van der Waals surface area contributed by atoms with Crippen LogP contribution in [0.4, 0.5) is 5.69 Å². The molecule has 0 unspecified atom stereocenters. The molecule has 0 fully saturated rings. The van der Waals surface area contributed by atoms with E-state index in [9.17, 15) is 9.59 Å². The Labute approximate surface area is 101 Å². The van der Waals surface area contributed by atoms with E-state index >= 15 is 0 Å². The van der Waals surface area contributed by atoms with E-state index in [0.29, 0.717) is 5.57 Å². The number of carbonyl (C=O) groups is 2. The third-order valence-electron chi connectivity index (χ3n) is 3.03. The second-order valence-electron chi connectivity index (χ2n) is 4.24. The molecule has 0 N–H and O–H groups in total. The first-order valence-electron chi connectivity index (χ1n) is 5.71. The van der Waals surface area contributed by atoms with E-state index in [1.165, 1.54) is 11.0 Å². The van der Waals surface area contributed by atoms with Gasteiger partial charge in [0, 0.05) is 11.6 Å². The minimum absolute atomic E-state index is 0.209. The van der Waals surface area contributed by atoms with Gasteiger partial charge in [-0.2, -0.15) is 0 Å². The van der Waals surface area contributed by atoms with Gasteiger partial charge in [-0.1, -0.05) is 25.1 Å². The van der Waals surface area contributed by atoms with Gasteiger partial charge in [-0.05, 0) is 31.4 Å². The SMILES string of the molecule is CCc1cccc(C)c1N1C(=O)C=C(C)C1=O. The highest BCUT2D eigenvalue weighted by molar-refractivity contribution is 6.30. The van der Waals surface area contributed by atoms with Crippen molar-refractivity contribution in [1.29, 1.82) is 0 Å². The van der Waals surface area contributed by atoms with E-state index in [0.717, 1.165) is 23.2 Å². The lowest BCUT2D eigenvalue weighted by Crippen LogP contribution is -2.32. The van der Waals surface area contributed by atoms with Crippen LogP contribution in [-0.4, -0.2) is 11.8 Å². The largest absolute Gasteiger partial charge is 0.269 e. The molecule has 0 atom stereocenters. The van der Waals surface area contributed by atoms with Crippen molar-refractivity contribution in [1.82, 2.24) is 0 Å². The summed E-state index contributed by atoms with van der Waals surface area (Å²) in [7, 11) is 0. The predicted molar refractivity (Wildman–Crippen MR) is 66.8 cm³/mol. The van der Waals surface area contributed by atoms with E-state index in [1.807, 2.05) is 32.0 Å². The van der Waals surface area contributed by atoms with E-state index in [4.69, 9.17) is 0 Å². The molecule has 1 heterocycles. The third-order valence-corrected chi connectivity index (χ3v) is 3.03. The molecule has 0 bridgehead atoms. The summed E-state index contributed by atoms with van der Waals surface area (Å²) in [6.07, 6.45) is 2.20. The average molecular weight is 229 g/mol. The number of hydrogen-bond acceptors (Lipinski definition) is 2. The Morgan fingerprint density at radius 2 is 1.88 bits per heavy atom. The van der Waals surface area contributed by atoms with E-state index in [1.54, 1.807) is 6.92 Å². The maximum Gasteiger partial charge on any atom is 0.261 e. The molecule has 0 aliphatic carbocycles. The highest BCUT2D eigenvalue weighted by Crippen LogP contribution is 2.29. The summed E-state index contributed by atoms with van der Waals surface area (Å²) in [6, 6.07) is 5.82. The normalized spacial score (nSPS) is 15.5. The van der Waals surface area contributed by atoms with Crippen LogP contribution >= 0.6 is 0 Å². The number of rotatable bonds is 2. The van der Waals surface area contributed by atoms with Crippen molar-refractivity contribution in [3.05, 3.63) is 41.0 Å². The van der Waals surface area contributed by atoms with Crippen LogP contribution in [0.2, 0.25) is 0 Å². The molecule has 1 aliphatic rings. The van der Waals surface area contributed by atoms with Crippen molar-refractivity contribution < 1.29 is 9.59 Å². The number of carbonyl (C=O) groups excluding carboxylic acids is 2. The molecular weight excluding hydrogens is 214 g/mol. The van der Waals surface area contributed by atoms with Gasteiger partial charge in [0.1, 0.15) is 0 Å². The van der Waals surface area contributed by atoms with Gasteiger partial charge in [0.15, 0.2) is 0 Å². The van der Waals surface area contributed by atoms with Crippen molar-refractivity contribution in [2.45, 2.75) is 27.2 Å². The van der Waals surface area contributed by atoms with E-state index in [2.05, 4.69) is 0 Å². The zero-order valence-electron chi connectivity index (χ0n) is 10.3. The molecule has 2 rings (SSSR count). The highest BCUT2D eigenvalue weighted by atomic mass is 16.2. The smallest absolute Gasteiger partial charge is 0.261 e. The van der Waals surface area contributed by atoms with Crippen molar-refractivity contribution in [3.63, 3.8) is 0 Å². The molecular formula is C14H15NO2. The van der Waals surface area contributed by atoms with Crippen LogP contribution in [0.1, 0.15) is 25.0 Å². The summed E-state index contributed by atoms with van der Waals surface area (Å²) in [6.45, 7) is 5.61. The van der Waals surface area contributed by atoms with Gasteiger partial charge >= 0.3 is 0 Å². The van der Waals surface area contributed by atoms with Gasteiger partial charge in [0.2, 0.25) is 0 Å². The lowest BCUT2D eigenvalue weighted by Gasteiger charge is -2.20. The second kappa shape index (κ2) is 4.17. The average Bonchev–Trinajstić information content (AvgIpc) is 2.54. The summed E-state index contributed by atoms with van der Waals surface area (Å²) >= 11 is 0. The Morgan fingerprint density at radius 1 is 1.18 bits per heavy atom. The van der Waals surface area contributed by atoms with Gasteiger partial charge in [0.25, 0.3) is 11.8 Å². The van der Waals surface area contributed by atoms with Crippen LogP contribution in [0.25, 0.3) is 0 Å². The first-order valence-corrected chi connectivity index (χ1v) is 5.71. The van der Waals surface area contributed by atoms with Crippen LogP contribution in [0, 0.1) is 6.92 Å². The lowest BCUT2D eigenvalue weighted by atomic mass is 10.0. The number of hydrogen-bond donors (Lipinski definition) is 0. The predicted octanol–water partition coefficient (Wildman–Crippen LogP) is 2.38. The highest BCUT2D eigenvalue weighted by Gasteiger charge is 2.31. The Bertz CT molecular complexity index is 529. The molecule has 3 nitrogen and oxygen atoms in total. The maximum atomic E-state index is 12.0. The third kappa shape index (κ3) is 1.78. The molecule has 0 spiro atoms. The molecule has 0 radical (unpaired) electrons. The van der Waals surface area contributed by atoms with Gasteiger partial charge in [0.05, 0.1) is 5.69 Å². The number of benzene rings is 1. The molecule has 0 saturated carbocycles. The number of nitrogens with zero attached hydrogens (tertiary/aromatic N) is 1. The zero-order chi connectivity index (χ0) is 12.6. The van der Waals surface area contributed by atoms with Crippen LogP contribution in [0.3, 0.4) is 0 Å². The molecule has 1 aliphatic heterocycles. The van der Waals surface area contributed by atoms with Crippen molar-refractivity contribution >= 4 is 17.5 Å².